The van der Waals surface area contributed by atoms with Crippen LogP contribution in [-0.2, 0) is 16.8 Å². The highest BCUT2D eigenvalue weighted by molar-refractivity contribution is 7.20. The number of hydrogen-bond donors (Lipinski definition) is 1. The molecule has 2 aliphatic rings. The van der Waals surface area contributed by atoms with Crippen LogP contribution in [0.2, 0.25) is 0 Å². The van der Waals surface area contributed by atoms with Gasteiger partial charge in [-0.25, -0.2) is 23.8 Å². The van der Waals surface area contributed by atoms with E-state index in [4.69, 9.17) is 4.74 Å². The van der Waals surface area contributed by atoms with Crippen LogP contribution in [0.5, 0.6) is 0 Å². The predicted octanol–water partition coefficient (Wildman–Crippen LogP) is 3.56. The fraction of sp³-hybridized carbons (Fsp3) is 0.619. The van der Waals surface area contributed by atoms with E-state index in [0.29, 0.717) is 33.5 Å². The smallest absolute Gasteiger partial charge is 0.428 e. The second kappa shape index (κ2) is 7.23. The highest BCUT2D eigenvalue weighted by Crippen LogP contribution is 2.50. The maximum atomic E-state index is 13.6. The van der Waals surface area contributed by atoms with Crippen LogP contribution in [0.4, 0.5) is 13.6 Å². The van der Waals surface area contributed by atoms with Crippen molar-refractivity contribution in [1.29, 1.82) is 0 Å². The van der Waals surface area contributed by atoms with Crippen LogP contribution < -0.4 is 16.7 Å². The second-order valence-corrected chi connectivity index (χ2v) is 10.9. The first-order valence-corrected chi connectivity index (χ1v) is 11.2. The Morgan fingerprint density at radius 1 is 1.34 bits per heavy atom. The number of alkyl halides is 2. The number of thiophene rings is 1. The third-order valence-electron chi connectivity index (χ3n) is 5.86. The Hall–Kier alpha value is -2.56. The molecule has 0 saturated heterocycles. The summed E-state index contributed by atoms with van der Waals surface area (Å²) < 4.78 is 34.9. The van der Waals surface area contributed by atoms with Gasteiger partial charge in [0.25, 0.3) is 11.5 Å². The molecule has 2 saturated carbocycles. The number of nitrogens with one attached hydrogen (secondary N) is 1. The van der Waals surface area contributed by atoms with Gasteiger partial charge in [0.1, 0.15) is 10.4 Å². The number of fused-ring (bicyclic) bond motifs is 1. The number of nitrogens with zero attached hydrogens (tertiary/aromatic N) is 3. The van der Waals surface area contributed by atoms with E-state index in [1.807, 2.05) is 6.92 Å². The average molecular weight is 469 g/mol. The second-order valence-electron chi connectivity index (χ2n) is 9.84. The lowest BCUT2D eigenvalue weighted by molar-refractivity contribution is 0.0529. The molecule has 2 fully saturated rings. The maximum Gasteiger partial charge on any atom is 0.428 e. The van der Waals surface area contributed by atoms with Gasteiger partial charge >= 0.3 is 11.8 Å². The van der Waals surface area contributed by atoms with Crippen molar-refractivity contribution in [2.24, 2.45) is 11.0 Å². The molecule has 11 heteroatoms. The molecule has 1 unspecified atom stereocenters. The van der Waals surface area contributed by atoms with E-state index in [0.717, 1.165) is 11.3 Å². The largest absolute Gasteiger partial charge is 0.443 e. The van der Waals surface area contributed by atoms with Crippen molar-refractivity contribution in [3.8, 4) is 0 Å². The molecule has 0 radical (unpaired) electrons. The number of hydrogen-bond acceptors (Lipinski definition) is 6. The molecule has 174 valence electrons. The van der Waals surface area contributed by atoms with Crippen molar-refractivity contribution >= 4 is 33.9 Å². The number of carbonyl (C=O) groups excluding carboxylic acids is 1. The normalized spacial score (nSPS) is 21.2. The van der Waals surface area contributed by atoms with Crippen LogP contribution >= 0.6 is 11.3 Å². The number of ether oxygens (including phenoxy) is 1. The zero-order chi connectivity index (χ0) is 23.6. The van der Waals surface area contributed by atoms with Crippen LogP contribution in [0, 0.1) is 12.8 Å². The molecule has 4 rings (SSSR count). The monoisotopic (exact) mass is 468 g/mol. The molecule has 32 heavy (non-hydrogen) atoms. The summed E-state index contributed by atoms with van der Waals surface area (Å²) in [6.07, 6.45) is 1.74. The third-order valence-corrected chi connectivity index (χ3v) is 7.11. The minimum absolute atomic E-state index is 0.147. The van der Waals surface area contributed by atoms with Crippen molar-refractivity contribution in [2.75, 3.05) is 0 Å². The van der Waals surface area contributed by atoms with Gasteiger partial charge in [0, 0.05) is 18.9 Å². The molecule has 1 amide bonds. The van der Waals surface area contributed by atoms with Gasteiger partial charge in [-0.1, -0.05) is 0 Å². The number of halogens is 2. The summed E-state index contributed by atoms with van der Waals surface area (Å²) in [7, 11) is 0. The Morgan fingerprint density at radius 3 is 2.50 bits per heavy atom. The topological polar surface area (TPSA) is 94.7 Å². The molecular formula is C21H26F2N4O4S. The van der Waals surface area contributed by atoms with Gasteiger partial charge in [-0.15, -0.1) is 11.3 Å². The van der Waals surface area contributed by atoms with Gasteiger partial charge in [0.2, 0.25) is 0 Å². The molecule has 0 aromatic carbocycles. The first-order valence-electron chi connectivity index (χ1n) is 10.4. The molecular weight excluding hydrogens is 442 g/mol. The molecule has 1 atom stereocenters. The molecule has 2 aromatic rings. The molecule has 2 aromatic heterocycles. The van der Waals surface area contributed by atoms with Gasteiger partial charge in [0.05, 0.1) is 22.0 Å². The fourth-order valence-corrected chi connectivity index (χ4v) is 4.84. The van der Waals surface area contributed by atoms with E-state index in [1.54, 1.807) is 27.7 Å². The predicted molar refractivity (Wildman–Crippen MR) is 118 cm³/mol. The fourth-order valence-electron chi connectivity index (χ4n) is 3.66. The zero-order valence-electron chi connectivity index (χ0n) is 18.6. The Balaban J connectivity index is 1.76. The summed E-state index contributed by atoms with van der Waals surface area (Å²) >= 11 is 1.12. The Labute approximate surface area is 186 Å². The Kier molecular flexibility index (Phi) is 5.11. The first-order chi connectivity index (χ1) is 14.7. The number of aromatic nitrogens is 2. The van der Waals surface area contributed by atoms with Crippen molar-refractivity contribution in [1.82, 2.24) is 14.6 Å². The van der Waals surface area contributed by atoms with Crippen LogP contribution in [0.3, 0.4) is 0 Å². The van der Waals surface area contributed by atoms with E-state index in [-0.39, 0.29) is 13.0 Å². The summed E-state index contributed by atoms with van der Waals surface area (Å²) in [4.78, 5) is 39.2. The van der Waals surface area contributed by atoms with E-state index >= 15 is 0 Å². The summed E-state index contributed by atoms with van der Waals surface area (Å²) in [6.45, 7) is 8.56. The maximum absolute atomic E-state index is 13.6. The molecule has 2 heterocycles. The van der Waals surface area contributed by atoms with Crippen LogP contribution in [0.1, 0.15) is 57.4 Å². The highest BCUT2D eigenvalue weighted by Gasteiger charge is 2.57. The number of carbonyl (C=O) groups is 1. The molecule has 0 aliphatic heterocycles. The van der Waals surface area contributed by atoms with E-state index < -0.39 is 40.3 Å². The SMILES string of the molecule is Cc1c(C=NNC(=O)OC(C)(C)C)sc2c1c(=O)n(C1(C)CC1)c(=O)n2CC1CC1(F)F. The van der Waals surface area contributed by atoms with Crippen molar-refractivity contribution in [3.63, 3.8) is 0 Å². The van der Waals surface area contributed by atoms with Gasteiger partial charge in [-0.05, 0) is 53.0 Å². The summed E-state index contributed by atoms with van der Waals surface area (Å²) in [5.74, 6) is -3.71. The number of amides is 1. The molecule has 2 aliphatic carbocycles. The van der Waals surface area contributed by atoms with Crippen molar-refractivity contribution in [2.45, 2.75) is 77.5 Å². The summed E-state index contributed by atoms with van der Waals surface area (Å²) in [6, 6.07) is 0. The Morgan fingerprint density at radius 2 is 1.97 bits per heavy atom. The molecule has 0 spiro atoms. The van der Waals surface area contributed by atoms with Crippen LogP contribution in [-0.4, -0.2) is 33.0 Å². The molecule has 8 nitrogen and oxygen atoms in total. The van der Waals surface area contributed by atoms with Gasteiger partial charge in [0.15, 0.2) is 0 Å². The third kappa shape index (κ3) is 4.10. The molecule has 0 bridgehead atoms. The van der Waals surface area contributed by atoms with E-state index in [2.05, 4.69) is 10.5 Å². The van der Waals surface area contributed by atoms with Gasteiger partial charge in [-0.3, -0.25) is 13.9 Å². The zero-order valence-corrected chi connectivity index (χ0v) is 19.4. The average Bonchev–Trinajstić information content (AvgIpc) is 3.48. The van der Waals surface area contributed by atoms with Crippen LogP contribution in [0.25, 0.3) is 10.2 Å². The van der Waals surface area contributed by atoms with Gasteiger partial charge < -0.3 is 4.74 Å². The van der Waals surface area contributed by atoms with Crippen molar-refractivity contribution in [3.05, 3.63) is 31.3 Å². The van der Waals surface area contributed by atoms with Crippen molar-refractivity contribution < 1.29 is 18.3 Å². The number of rotatable bonds is 5. The standard InChI is InChI=1S/C21H26F2N4O4S/c1-11-13(9-24-25-17(29)31-19(2,3)4)32-16-14(11)15(28)27(20(5)6-7-20)18(30)26(16)10-12-8-21(12,22)23/h9,12H,6-8,10H2,1-5H3,(H,25,29). The number of aryl methyl sites for hydroxylation is 1. The lowest BCUT2D eigenvalue weighted by Gasteiger charge is -2.18. The van der Waals surface area contributed by atoms with E-state index in [1.165, 1.54) is 15.3 Å². The quantitative estimate of drug-likeness (QED) is 0.536. The van der Waals surface area contributed by atoms with Gasteiger partial charge in [-0.2, -0.15) is 5.10 Å². The minimum atomic E-state index is -2.79. The van der Waals surface area contributed by atoms with Crippen LogP contribution in [0.15, 0.2) is 14.7 Å². The first kappa shape index (κ1) is 22.6. The lowest BCUT2D eigenvalue weighted by atomic mass is 10.2. The lowest BCUT2D eigenvalue weighted by Crippen LogP contribution is -2.44. The van der Waals surface area contributed by atoms with E-state index in [9.17, 15) is 23.2 Å². The minimum Gasteiger partial charge on any atom is -0.443 e. The Bertz CT molecular complexity index is 1250. The summed E-state index contributed by atoms with van der Waals surface area (Å²) in [5.41, 5.74) is 0.603. The summed E-state index contributed by atoms with van der Waals surface area (Å²) in [5, 5.41) is 4.21. The molecule has 1 N–H and O–H groups in total. The number of hydrazone groups is 1. The highest BCUT2D eigenvalue weighted by atomic mass is 32.1.